The molecule has 1 aliphatic heterocycles. The highest BCUT2D eigenvalue weighted by Crippen LogP contribution is 2.61. The molecule has 0 spiro atoms. The van der Waals surface area contributed by atoms with Gasteiger partial charge in [-0.05, 0) is 110 Å². The van der Waals surface area contributed by atoms with E-state index in [1.165, 1.54) is 22.9 Å². The molecule has 10 heteroatoms. The topological polar surface area (TPSA) is 82.2 Å². The summed E-state index contributed by atoms with van der Waals surface area (Å²) in [4.78, 5) is 18.5. The van der Waals surface area contributed by atoms with Crippen LogP contribution in [-0.4, -0.2) is 72.9 Å². The van der Waals surface area contributed by atoms with Gasteiger partial charge in [-0.2, -0.15) is 4.31 Å². The predicted octanol–water partition coefficient (Wildman–Crippen LogP) is 8.08. The van der Waals surface area contributed by atoms with Gasteiger partial charge in [0.15, 0.2) is 0 Å². The molecule has 54 heavy (non-hydrogen) atoms. The number of para-hydroxylation sites is 1. The highest BCUT2D eigenvalue weighted by atomic mass is 32.2. The molecule has 1 saturated heterocycles. The Morgan fingerprint density at radius 1 is 1.00 bits per heavy atom. The molecule has 7 rings (SSSR count). The molecule has 1 heterocycles. The van der Waals surface area contributed by atoms with E-state index in [0.717, 1.165) is 36.1 Å². The number of carbonyl (C=O) groups excluding carboxylic acids is 1. The average Bonchev–Trinajstić information content (AvgIpc) is 3.39. The lowest BCUT2D eigenvalue weighted by Crippen LogP contribution is -2.61. The summed E-state index contributed by atoms with van der Waals surface area (Å²) in [5.41, 5.74) is 3.32. The minimum atomic E-state index is -3.59. The summed E-state index contributed by atoms with van der Waals surface area (Å²) >= 11 is 0. The number of ether oxygens (including phenoxy) is 1. The van der Waals surface area contributed by atoms with Crippen molar-refractivity contribution in [2.24, 2.45) is 28.6 Å². The van der Waals surface area contributed by atoms with Crippen LogP contribution in [-0.2, 0) is 34.5 Å². The van der Waals surface area contributed by atoms with Gasteiger partial charge in [-0.3, -0.25) is 9.69 Å². The van der Waals surface area contributed by atoms with Gasteiger partial charge in [-0.15, -0.1) is 0 Å². The van der Waals surface area contributed by atoms with Crippen molar-refractivity contribution in [3.63, 3.8) is 0 Å². The Balaban J connectivity index is 1.22. The fourth-order valence-electron chi connectivity index (χ4n) is 9.38. The number of hydrogen-bond donors (Lipinski definition) is 1. The smallest absolute Gasteiger partial charge is 0.238 e. The van der Waals surface area contributed by atoms with Gasteiger partial charge in [0, 0.05) is 43.8 Å². The highest BCUT2D eigenvalue weighted by Gasteiger charge is 2.56. The fourth-order valence-corrected chi connectivity index (χ4v) is 11.1. The maximum atomic E-state index is 13.8. The molecule has 3 aliphatic carbocycles. The highest BCUT2D eigenvalue weighted by molar-refractivity contribution is 7.89. The summed E-state index contributed by atoms with van der Waals surface area (Å²) < 4.78 is 48.3. The molecule has 0 radical (unpaired) electrons. The van der Waals surface area contributed by atoms with Gasteiger partial charge >= 0.3 is 0 Å². The Kier molecular flexibility index (Phi) is 12.0. The van der Waals surface area contributed by atoms with Crippen molar-refractivity contribution in [2.45, 2.75) is 105 Å². The van der Waals surface area contributed by atoms with E-state index >= 15 is 0 Å². The summed E-state index contributed by atoms with van der Waals surface area (Å²) in [7, 11) is 0.608. The van der Waals surface area contributed by atoms with Gasteiger partial charge in [0.05, 0.1) is 5.75 Å². The van der Waals surface area contributed by atoms with E-state index in [4.69, 9.17) is 4.74 Å². The first kappa shape index (κ1) is 40.4. The van der Waals surface area contributed by atoms with Crippen LogP contribution < -0.4 is 10.1 Å². The zero-order chi connectivity index (χ0) is 39.0. The number of benzene rings is 3. The molecule has 294 valence electrons. The third-order valence-electron chi connectivity index (χ3n) is 12.4. The standard InChI is InChI=1S/C44H61FN4O4S/c1-30-38-23-34(44(38,5)6)24-39(30)46-42(50)40-20-21-54(51,52)49(40)27-32-13-11-12-31(22-32)26-48(36(29-47(7)8)25-43(2,3)4)28-33-14-9-10-15-41(33)53-37-18-16-35(45)17-19-37/h9-19,22,30,34,36,38-40H,20-21,23-29H2,1-8H3,(H,46,50)/t30-,34+,36-,38-,39-,40?/m0/s1. The molecule has 3 aromatic rings. The molecular formula is C44H61FN4O4S. The number of likely N-dealkylation sites (N-methyl/N-ethyl adjacent to an activating group) is 1. The van der Waals surface area contributed by atoms with E-state index in [1.54, 1.807) is 12.1 Å². The maximum Gasteiger partial charge on any atom is 0.238 e. The zero-order valence-corrected chi connectivity index (χ0v) is 34.3. The molecule has 3 saturated carbocycles. The molecule has 1 N–H and O–H groups in total. The minimum absolute atomic E-state index is 0.0184. The van der Waals surface area contributed by atoms with Gasteiger partial charge < -0.3 is 15.0 Å². The Hall–Kier alpha value is -3.31. The number of rotatable bonds is 14. The number of halogens is 1. The van der Waals surface area contributed by atoms with Crippen molar-refractivity contribution < 1.29 is 22.3 Å². The molecule has 1 unspecified atom stereocenters. The van der Waals surface area contributed by atoms with E-state index in [1.807, 2.05) is 30.3 Å². The molecule has 4 fully saturated rings. The van der Waals surface area contributed by atoms with E-state index in [9.17, 15) is 17.6 Å². The Morgan fingerprint density at radius 2 is 1.70 bits per heavy atom. The second-order valence-electron chi connectivity index (χ2n) is 18.3. The number of nitrogens with one attached hydrogen (secondary N) is 1. The first-order chi connectivity index (χ1) is 25.4. The van der Waals surface area contributed by atoms with Crippen molar-refractivity contribution in [1.82, 2.24) is 19.4 Å². The lowest BCUT2D eigenvalue weighted by Gasteiger charge is -2.62. The molecule has 8 nitrogen and oxygen atoms in total. The van der Waals surface area contributed by atoms with Gasteiger partial charge in [-0.1, -0.05) is 84.0 Å². The minimum Gasteiger partial charge on any atom is -0.457 e. The molecule has 2 bridgehead atoms. The lowest BCUT2D eigenvalue weighted by atomic mass is 9.45. The second-order valence-corrected chi connectivity index (χ2v) is 20.3. The van der Waals surface area contributed by atoms with Gasteiger partial charge in [-0.25, -0.2) is 12.8 Å². The van der Waals surface area contributed by atoms with E-state index in [-0.39, 0.29) is 41.5 Å². The van der Waals surface area contributed by atoms with Crippen LogP contribution in [0.5, 0.6) is 11.5 Å². The molecule has 0 aromatic heterocycles. The quantitative estimate of drug-likeness (QED) is 0.179. The van der Waals surface area contributed by atoms with E-state index in [2.05, 4.69) is 89.0 Å². The van der Waals surface area contributed by atoms with Gasteiger partial charge in [0.25, 0.3) is 0 Å². The molecule has 3 aromatic carbocycles. The van der Waals surface area contributed by atoms with Crippen LogP contribution >= 0.6 is 0 Å². The van der Waals surface area contributed by atoms with Crippen molar-refractivity contribution >= 4 is 15.9 Å². The van der Waals surface area contributed by atoms with Crippen molar-refractivity contribution in [2.75, 3.05) is 26.4 Å². The van der Waals surface area contributed by atoms with Crippen molar-refractivity contribution in [3.8, 4) is 11.5 Å². The Morgan fingerprint density at radius 3 is 2.37 bits per heavy atom. The third-order valence-corrected chi connectivity index (χ3v) is 14.2. The number of hydrogen-bond acceptors (Lipinski definition) is 6. The number of nitrogens with zero attached hydrogens (tertiary/aromatic N) is 3. The number of sulfonamides is 1. The maximum absolute atomic E-state index is 13.8. The van der Waals surface area contributed by atoms with Crippen molar-refractivity contribution in [1.29, 1.82) is 0 Å². The Labute approximate surface area is 323 Å². The number of amides is 1. The number of carbonyl (C=O) groups is 1. The largest absolute Gasteiger partial charge is 0.457 e. The summed E-state index contributed by atoms with van der Waals surface area (Å²) in [6.07, 6.45) is 3.44. The van der Waals surface area contributed by atoms with Crippen LogP contribution in [0.3, 0.4) is 0 Å². The monoisotopic (exact) mass is 760 g/mol. The summed E-state index contributed by atoms with van der Waals surface area (Å²) in [5, 5.41) is 3.31. The normalized spacial score (nSPS) is 25.4. The van der Waals surface area contributed by atoms with Crippen LogP contribution in [0.2, 0.25) is 0 Å². The number of fused-ring (bicyclic) bond motifs is 2. The molecule has 4 aliphatic rings. The van der Waals surface area contributed by atoms with Crippen LogP contribution in [0, 0.1) is 34.4 Å². The van der Waals surface area contributed by atoms with Crippen LogP contribution in [0.4, 0.5) is 4.39 Å². The predicted molar refractivity (Wildman–Crippen MR) is 214 cm³/mol. The summed E-state index contributed by atoms with van der Waals surface area (Å²) in [5.74, 6) is 2.36. The third kappa shape index (κ3) is 9.37. The van der Waals surface area contributed by atoms with Crippen LogP contribution in [0.15, 0.2) is 72.8 Å². The second kappa shape index (κ2) is 16.0. The van der Waals surface area contributed by atoms with Crippen LogP contribution in [0.1, 0.15) is 83.9 Å². The summed E-state index contributed by atoms with van der Waals surface area (Å²) in [6.45, 7) is 16.0. The SMILES string of the molecule is C[C@@H]1[C@@H](NC(=O)C2CCS(=O)(=O)N2Cc2cccc(CN(Cc3ccccc3Oc3ccc(F)cc3)[C@H](CN(C)C)CC(C)(C)C)c2)C[C@H]2C[C@@H]1C2(C)C. The van der Waals surface area contributed by atoms with Gasteiger partial charge in [0.2, 0.25) is 15.9 Å². The lowest BCUT2D eigenvalue weighted by molar-refractivity contribution is -0.136. The average molecular weight is 761 g/mol. The van der Waals surface area contributed by atoms with E-state index in [0.29, 0.717) is 54.2 Å². The Bertz CT molecular complexity index is 1880. The van der Waals surface area contributed by atoms with Crippen molar-refractivity contribution in [3.05, 3.63) is 95.3 Å². The molecule has 1 amide bonds. The van der Waals surface area contributed by atoms with Crippen LogP contribution in [0.25, 0.3) is 0 Å². The molecular weight excluding hydrogens is 700 g/mol. The van der Waals surface area contributed by atoms with E-state index < -0.39 is 16.1 Å². The molecule has 6 atom stereocenters. The summed E-state index contributed by atoms with van der Waals surface area (Å²) in [6, 6.07) is 21.8. The first-order valence-corrected chi connectivity index (χ1v) is 21.3. The van der Waals surface area contributed by atoms with Gasteiger partial charge in [0.1, 0.15) is 23.4 Å². The first-order valence-electron chi connectivity index (χ1n) is 19.7. The fraction of sp³-hybridized carbons (Fsp3) is 0.568. The zero-order valence-electron chi connectivity index (χ0n) is 33.5.